The van der Waals surface area contributed by atoms with Crippen LogP contribution in [-0.4, -0.2) is 20.4 Å². The molecule has 0 amide bonds. The van der Waals surface area contributed by atoms with Gasteiger partial charge in [0.15, 0.2) is 6.16 Å². The van der Waals surface area contributed by atoms with Crippen LogP contribution in [0.4, 0.5) is 0 Å². The van der Waals surface area contributed by atoms with E-state index in [0.29, 0.717) is 10.0 Å². The summed E-state index contributed by atoms with van der Waals surface area (Å²) >= 11 is 11.7. The van der Waals surface area contributed by atoms with Crippen LogP contribution in [0.2, 0.25) is 29.7 Å². The molecule has 26 heavy (non-hydrogen) atoms. The number of halogens is 2. The predicted octanol–water partition coefficient (Wildman–Crippen LogP) is 6.02. The van der Waals surface area contributed by atoms with Crippen molar-refractivity contribution < 1.29 is 22.8 Å². The lowest BCUT2D eigenvalue weighted by atomic mass is 10.3. The maximum atomic E-state index is 13.2. The minimum absolute atomic E-state index is 0.271. The molecule has 9 heteroatoms. The van der Waals surface area contributed by atoms with Gasteiger partial charge in [-0.3, -0.25) is 4.79 Å². The van der Waals surface area contributed by atoms with Crippen LogP contribution >= 0.6 is 30.8 Å². The van der Waals surface area contributed by atoms with Crippen molar-refractivity contribution in [3.05, 3.63) is 58.6 Å². The van der Waals surface area contributed by atoms with E-state index < -0.39 is 28.0 Å². The number of carbonyl (C=O) groups is 1. The minimum Gasteiger partial charge on any atom is -0.519 e. The van der Waals surface area contributed by atoms with Crippen LogP contribution in [0.15, 0.2) is 48.5 Å². The topological polar surface area (TPSA) is 61.8 Å². The van der Waals surface area contributed by atoms with Crippen molar-refractivity contribution in [2.45, 2.75) is 19.6 Å². The molecule has 0 atom stereocenters. The summed E-state index contributed by atoms with van der Waals surface area (Å²) in [5, 5.41) is 1.01. The van der Waals surface area contributed by atoms with Gasteiger partial charge in [0, 0.05) is 10.0 Å². The van der Waals surface area contributed by atoms with Crippen molar-refractivity contribution in [1.82, 2.24) is 0 Å². The van der Waals surface area contributed by atoms with Gasteiger partial charge in [-0.2, -0.15) is 0 Å². The van der Waals surface area contributed by atoms with Crippen LogP contribution in [0.5, 0.6) is 11.5 Å². The number of carbonyl (C=O) groups excluding carboxylic acids is 1. The first-order valence-corrected chi connectivity index (χ1v) is 13.7. The first kappa shape index (κ1) is 20.8. The Labute approximate surface area is 163 Å². The van der Waals surface area contributed by atoms with Gasteiger partial charge in [0.2, 0.25) is 8.32 Å². The van der Waals surface area contributed by atoms with E-state index in [0.717, 1.165) is 0 Å². The zero-order valence-corrected chi connectivity index (χ0v) is 18.0. The summed E-state index contributed by atoms with van der Waals surface area (Å²) in [6.45, 7) is 5.57. The van der Waals surface area contributed by atoms with Gasteiger partial charge in [0.05, 0.1) is 0 Å². The van der Waals surface area contributed by atoms with Crippen molar-refractivity contribution in [1.29, 1.82) is 0 Å². The van der Waals surface area contributed by atoms with Crippen LogP contribution in [0, 0.1) is 0 Å². The second-order valence-corrected chi connectivity index (χ2v) is 13.7. The summed E-state index contributed by atoms with van der Waals surface area (Å²) < 4.78 is 29.7. The molecule has 0 fully saturated rings. The summed E-state index contributed by atoms with van der Waals surface area (Å²) in [6, 6.07) is 12.5. The molecule has 2 rings (SSSR count). The molecule has 0 aromatic heterocycles. The standard InChI is InChI=1S/C17H19Cl2O5PSi/c1-26(2,3)24-17(20)12-25(21,22-15-8-4-13(18)5-9-15)23-16-10-6-14(19)7-11-16/h4-11H,12H2,1-3H3. The van der Waals surface area contributed by atoms with E-state index in [-0.39, 0.29) is 11.5 Å². The Balaban J connectivity index is 2.23. The van der Waals surface area contributed by atoms with E-state index >= 15 is 0 Å². The van der Waals surface area contributed by atoms with E-state index in [1.807, 2.05) is 19.6 Å². The summed E-state index contributed by atoms with van der Waals surface area (Å²) in [4.78, 5) is 12.2. The highest BCUT2D eigenvalue weighted by Gasteiger charge is 2.35. The average molecular weight is 433 g/mol. The van der Waals surface area contributed by atoms with Crippen molar-refractivity contribution in [3.8, 4) is 11.5 Å². The molecule has 0 aliphatic heterocycles. The van der Waals surface area contributed by atoms with E-state index in [1.54, 1.807) is 48.5 Å². The van der Waals surface area contributed by atoms with Crippen LogP contribution in [0.1, 0.15) is 0 Å². The molecule has 0 bridgehead atoms. The number of hydrogen-bond donors (Lipinski definition) is 0. The van der Waals surface area contributed by atoms with E-state index in [2.05, 4.69) is 0 Å². The predicted molar refractivity (Wildman–Crippen MR) is 106 cm³/mol. The first-order valence-electron chi connectivity index (χ1n) is 7.76. The molecule has 5 nitrogen and oxygen atoms in total. The number of rotatable bonds is 7. The van der Waals surface area contributed by atoms with Crippen LogP contribution in [0.25, 0.3) is 0 Å². The molecule has 0 saturated heterocycles. The van der Waals surface area contributed by atoms with Gasteiger partial charge >= 0.3 is 13.6 Å². The third-order valence-corrected chi connectivity index (χ3v) is 5.83. The molecule has 0 saturated carbocycles. The zero-order chi connectivity index (χ0) is 19.4. The molecule has 0 aliphatic rings. The summed E-state index contributed by atoms with van der Waals surface area (Å²) in [5.74, 6) is -0.0876. The van der Waals surface area contributed by atoms with Crippen molar-refractivity contribution >= 4 is 45.1 Å². The lowest BCUT2D eigenvalue weighted by Gasteiger charge is -2.22. The van der Waals surface area contributed by atoms with E-state index in [4.69, 9.17) is 36.7 Å². The van der Waals surface area contributed by atoms with E-state index in [1.165, 1.54) is 0 Å². The summed E-state index contributed by atoms with van der Waals surface area (Å²) in [6.07, 6.45) is -0.511. The Kier molecular flexibility index (Phi) is 6.80. The molecule has 0 unspecified atom stereocenters. The SMILES string of the molecule is C[Si](C)(C)OC(=O)CP(=O)(Oc1ccc(Cl)cc1)Oc1ccc(Cl)cc1. The Bertz CT molecular complexity index is 752. The largest absolute Gasteiger partial charge is 0.519 e. The molecule has 0 spiro atoms. The number of hydrogen-bond acceptors (Lipinski definition) is 5. The maximum Gasteiger partial charge on any atom is 0.441 e. The molecule has 0 heterocycles. The van der Waals surface area contributed by atoms with Crippen molar-refractivity contribution in [2.24, 2.45) is 0 Å². The minimum atomic E-state index is -3.87. The quantitative estimate of drug-likeness (QED) is 0.395. The Morgan fingerprint density at radius 3 is 1.62 bits per heavy atom. The lowest BCUT2D eigenvalue weighted by Crippen LogP contribution is -2.31. The van der Waals surface area contributed by atoms with E-state index in [9.17, 15) is 9.36 Å². The van der Waals surface area contributed by atoms with Crippen molar-refractivity contribution in [2.75, 3.05) is 6.16 Å². The first-order chi connectivity index (χ1) is 12.0. The summed E-state index contributed by atoms with van der Waals surface area (Å²) in [7, 11) is -6.01. The third-order valence-electron chi connectivity index (χ3n) is 2.86. The molecular formula is C17H19Cl2O5PSi. The van der Waals surface area contributed by atoms with Crippen LogP contribution in [-0.2, 0) is 13.8 Å². The molecule has 140 valence electrons. The molecule has 0 N–H and O–H groups in total. The monoisotopic (exact) mass is 432 g/mol. The molecule has 0 aliphatic carbocycles. The summed E-state index contributed by atoms with van der Waals surface area (Å²) in [5.41, 5.74) is 0. The van der Waals surface area contributed by atoms with Crippen molar-refractivity contribution in [3.63, 3.8) is 0 Å². The second kappa shape index (κ2) is 8.48. The molecular weight excluding hydrogens is 414 g/mol. The van der Waals surface area contributed by atoms with Gasteiger partial charge in [-0.1, -0.05) is 23.2 Å². The Hall–Kier alpha value is -1.46. The smallest absolute Gasteiger partial charge is 0.441 e. The van der Waals surface area contributed by atoms with Gasteiger partial charge in [-0.25, -0.2) is 4.57 Å². The zero-order valence-electron chi connectivity index (χ0n) is 14.6. The molecule has 2 aromatic carbocycles. The highest BCUT2D eigenvalue weighted by Crippen LogP contribution is 2.48. The van der Waals surface area contributed by atoms with Gasteiger partial charge in [0.1, 0.15) is 11.5 Å². The highest BCUT2D eigenvalue weighted by molar-refractivity contribution is 7.55. The lowest BCUT2D eigenvalue weighted by molar-refractivity contribution is -0.132. The fraction of sp³-hybridized carbons (Fsp3) is 0.235. The number of benzene rings is 2. The van der Waals surface area contributed by atoms with Gasteiger partial charge in [-0.15, -0.1) is 0 Å². The Morgan fingerprint density at radius 2 is 1.27 bits per heavy atom. The fourth-order valence-electron chi connectivity index (χ4n) is 1.93. The normalized spacial score (nSPS) is 11.7. The second-order valence-electron chi connectivity index (χ2n) is 6.45. The maximum absolute atomic E-state index is 13.2. The van der Waals surface area contributed by atoms with Gasteiger partial charge < -0.3 is 13.5 Å². The third kappa shape index (κ3) is 7.04. The van der Waals surface area contributed by atoms with Crippen LogP contribution < -0.4 is 9.05 Å². The van der Waals surface area contributed by atoms with Gasteiger partial charge in [-0.05, 0) is 68.2 Å². The fourth-order valence-corrected chi connectivity index (χ4v) is 4.49. The van der Waals surface area contributed by atoms with Gasteiger partial charge in [0.25, 0.3) is 0 Å². The molecule has 2 aromatic rings. The highest BCUT2D eigenvalue weighted by atomic mass is 35.5. The Morgan fingerprint density at radius 1 is 0.885 bits per heavy atom. The molecule has 0 radical (unpaired) electrons. The average Bonchev–Trinajstić information content (AvgIpc) is 2.50. The van der Waals surface area contributed by atoms with Crippen LogP contribution in [0.3, 0.4) is 0 Å².